The molecule has 1 aromatic rings. The third-order valence-electron chi connectivity index (χ3n) is 6.07. The summed E-state index contributed by atoms with van der Waals surface area (Å²) in [5, 5.41) is 6.60. The maximum absolute atomic E-state index is 12.0. The summed E-state index contributed by atoms with van der Waals surface area (Å²) < 4.78 is 0. The fourth-order valence-corrected chi connectivity index (χ4v) is 3.79. The van der Waals surface area contributed by atoms with E-state index in [9.17, 15) is 4.79 Å². The van der Waals surface area contributed by atoms with Crippen LogP contribution in [0.1, 0.15) is 31.7 Å². The first kappa shape index (κ1) is 22.6. The zero-order valence-corrected chi connectivity index (χ0v) is 18.8. The average molecular weight is 415 g/mol. The lowest BCUT2D eigenvalue weighted by molar-refractivity contribution is -0.122. The van der Waals surface area contributed by atoms with E-state index in [0.29, 0.717) is 18.6 Å². The summed E-state index contributed by atoms with van der Waals surface area (Å²) in [7, 11) is 4.04. The van der Waals surface area contributed by atoms with E-state index < -0.39 is 0 Å². The zero-order valence-electron chi connectivity index (χ0n) is 18.8. The van der Waals surface area contributed by atoms with E-state index in [1.807, 2.05) is 7.05 Å². The molecule has 0 bridgehead atoms. The second kappa shape index (κ2) is 11.3. The summed E-state index contributed by atoms with van der Waals surface area (Å²) in [5.74, 6) is 1.14. The minimum Gasteiger partial charge on any atom is -0.356 e. The lowest BCUT2D eigenvalue weighted by Crippen LogP contribution is -2.54. The van der Waals surface area contributed by atoms with Gasteiger partial charge in [0.05, 0.1) is 6.54 Å². The number of piperazine rings is 1. The average Bonchev–Trinajstić information content (AvgIpc) is 3.56. The van der Waals surface area contributed by atoms with Crippen molar-refractivity contribution in [3.05, 3.63) is 35.9 Å². The predicted molar refractivity (Wildman–Crippen MR) is 123 cm³/mol. The Balaban J connectivity index is 1.33. The molecular weight excluding hydrogens is 376 g/mol. The second-order valence-corrected chi connectivity index (χ2v) is 8.62. The number of carbonyl (C=O) groups excluding carboxylic acids is 1. The first-order valence-electron chi connectivity index (χ1n) is 11.3. The third kappa shape index (κ3) is 7.29. The van der Waals surface area contributed by atoms with Crippen LogP contribution in [0.15, 0.2) is 35.3 Å². The normalized spacial score (nSPS) is 19.1. The fourth-order valence-electron chi connectivity index (χ4n) is 3.79. The first-order chi connectivity index (χ1) is 14.5. The maximum atomic E-state index is 12.0. The predicted octanol–water partition coefficient (Wildman–Crippen LogP) is 1.37. The molecule has 3 rings (SSSR count). The van der Waals surface area contributed by atoms with Gasteiger partial charge in [-0.2, -0.15) is 0 Å². The molecule has 1 aromatic carbocycles. The van der Waals surface area contributed by atoms with E-state index in [0.717, 1.165) is 64.5 Å². The van der Waals surface area contributed by atoms with Gasteiger partial charge < -0.3 is 15.5 Å². The van der Waals surface area contributed by atoms with Gasteiger partial charge in [0, 0.05) is 58.4 Å². The van der Waals surface area contributed by atoms with Crippen molar-refractivity contribution in [1.82, 2.24) is 25.3 Å². The Morgan fingerprint density at radius 3 is 2.53 bits per heavy atom. The topological polar surface area (TPSA) is 63.2 Å². The van der Waals surface area contributed by atoms with Gasteiger partial charge in [0.15, 0.2) is 5.96 Å². The molecule has 166 valence electrons. The maximum Gasteiger partial charge on any atom is 0.234 e. The second-order valence-electron chi connectivity index (χ2n) is 8.62. The quantitative estimate of drug-likeness (QED) is 0.472. The fraction of sp³-hybridized carbons (Fsp3) is 0.652. The van der Waals surface area contributed by atoms with Gasteiger partial charge in [0.2, 0.25) is 5.91 Å². The number of rotatable bonds is 9. The number of benzene rings is 1. The van der Waals surface area contributed by atoms with Crippen LogP contribution in [0.3, 0.4) is 0 Å². The SMILES string of the molecule is CN=C(NCCC(C)N(C)Cc1ccccc1)N1CCN(CC(=O)NC2CC2)CC1. The molecule has 30 heavy (non-hydrogen) atoms. The molecule has 2 N–H and O–H groups in total. The molecule has 1 amide bonds. The van der Waals surface area contributed by atoms with Gasteiger partial charge in [0.25, 0.3) is 0 Å². The van der Waals surface area contributed by atoms with Crippen molar-refractivity contribution in [2.45, 2.75) is 44.8 Å². The summed E-state index contributed by atoms with van der Waals surface area (Å²) in [5.41, 5.74) is 1.35. The van der Waals surface area contributed by atoms with Crippen LogP contribution < -0.4 is 10.6 Å². The number of hydrogen-bond donors (Lipinski definition) is 2. The lowest BCUT2D eigenvalue weighted by Gasteiger charge is -2.36. The number of hydrogen-bond acceptors (Lipinski definition) is 4. The van der Waals surface area contributed by atoms with E-state index in [4.69, 9.17) is 0 Å². The summed E-state index contributed by atoms with van der Waals surface area (Å²) in [6.07, 6.45) is 3.34. The molecule has 1 saturated heterocycles. The largest absolute Gasteiger partial charge is 0.356 e. The van der Waals surface area contributed by atoms with Crippen LogP contribution >= 0.6 is 0 Å². The van der Waals surface area contributed by atoms with E-state index in [1.54, 1.807) is 0 Å². The Labute approximate surface area is 181 Å². The number of carbonyl (C=O) groups is 1. The highest BCUT2D eigenvalue weighted by Gasteiger charge is 2.26. The number of nitrogens with zero attached hydrogens (tertiary/aromatic N) is 4. The zero-order chi connectivity index (χ0) is 21.3. The highest BCUT2D eigenvalue weighted by molar-refractivity contribution is 5.80. The van der Waals surface area contributed by atoms with Crippen molar-refractivity contribution in [3.8, 4) is 0 Å². The standard InChI is InChI=1S/C23H38N6O/c1-19(27(3)17-20-7-5-4-6-8-20)11-12-25-23(24-2)29-15-13-28(14-16-29)18-22(30)26-21-9-10-21/h4-8,19,21H,9-18H2,1-3H3,(H,24,25)(H,26,30). The van der Waals surface area contributed by atoms with Gasteiger partial charge in [-0.1, -0.05) is 30.3 Å². The summed E-state index contributed by atoms with van der Waals surface area (Å²) in [4.78, 5) is 23.4. The smallest absolute Gasteiger partial charge is 0.234 e. The number of nitrogens with one attached hydrogen (secondary N) is 2. The number of amides is 1. The Morgan fingerprint density at radius 1 is 1.20 bits per heavy atom. The van der Waals surface area contributed by atoms with Crippen LogP contribution in [0.25, 0.3) is 0 Å². The van der Waals surface area contributed by atoms with Crippen LogP contribution in [0.2, 0.25) is 0 Å². The van der Waals surface area contributed by atoms with Gasteiger partial charge in [0.1, 0.15) is 0 Å². The summed E-state index contributed by atoms with van der Waals surface area (Å²) in [6, 6.07) is 11.5. The van der Waals surface area contributed by atoms with Crippen LogP contribution in [0.5, 0.6) is 0 Å². The summed E-state index contributed by atoms with van der Waals surface area (Å²) in [6.45, 7) is 8.26. The van der Waals surface area contributed by atoms with Crippen LogP contribution in [0, 0.1) is 0 Å². The van der Waals surface area contributed by atoms with E-state index in [1.165, 1.54) is 5.56 Å². The van der Waals surface area contributed by atoms with E-state index in [-0.39, 0.29) is 5.91 Å². The molecule has 1 saturated carbocycles. The van der Waals surface area contributed by atoms with Gasteiger partial charge in [-0.3, -0.25) is 19.6 Å². The molecule has 2 aliphatic rings. The number of aliphatic imine (C=N–C) groups is 1. The monoisotopic (exact) mass is 414 g/mol. The van der Waals surface area contributed by atoms with Gasteiger partial charge in [-0.15, -0.1) is 0 Å². The van der Waals surface area contributed by atoms with Crippen LogP contribution in [0.4, 0.5) is 0 Å². The molecule has 7 heteroatoms. The Hall–Kier alpha value is -2.12. The van der Waals surface area contributed by atoms with E-state index in [2.05, 4.69) is 74.6 Å². The minimum absolute atomic E-state index is 0.169. The third-order valence-corrected chi connectivity index (χ3v) is 6.07. The molecule has 1 aliphatic heterocycles. The highest BCUT2D eigenvalue weighted by atomic mass is 16.2. The Bertz CT molecular complexity index is 682. The van der Waals surface area contributed by atoms with Crippen LogP contribution in [-0.2, 0) is 11.3 Å². The van der Waals surface area contributed by atoms with Gasteiger partial charge >= 0.3 is 0 Å². The molecule has 1 aliphatic carbocycles. The molecule has 7 nitrogen and oxygen atoms in total. The first-order valence-corrected chi connectivity index (χ1v) is 11.3. The molecular formula is C23H38N6O. The van der Waals surface area contributed by atoms with Crippen molar-refractivity contribution in [3.63, 3.8) is 0 Å². The van der Waals surface area contributed by atoms with Crippen molar-refractivity contribution in [1.29, 1.82) is 0 Å². The Morgan fingerprint density at radius 2 is 1.90 bits per heavy atom. The minimum atomic E-state index is 0.169. The van der Waals surface area contributed by atoms with Crippen molar-refractivity contribution >= 4 is 11.9 Å². The molecule has 1 unspecified atom stereocenters. The Kier molecular flexibility index (Phi) is 8.51. The molecule has 0 aromatic heterocycles. The lowest BCUT2D eigenvalue weighted by atomic mass is 10.1. The van der Waals surface area contributed by atoms with Crippen molar-refractivity contribution in [2.75, 3.05) is 53.4 Å². The van der Waals surface area contributed by atoms with Gasteiger partial charge in [-0.25, -0.2) is 0 Å². The van der Waals surface area contributed by atoms with Crippen LogP contribution in [-0.4, -0.2) is 92.0 Å². The van der Waals surface area contributed by atoms with Crippen molar-refractivity contribution in [2.24, 2.45) is 4.99 Å². The number of guanidine groups is 1. The molecule has 2 fully saturated rings. The van der Waals surface area contributed by atoms with E-state index >= 15 is 0 Å². The van der Waals surface area contributed by atoms with Crippen molar-refractivity contribution < 1.29 is 4.79 Å². The van der Waals surface area contributed by atoms with Gasteiger partial charge in [-0.05, 0) is 38.8 Å². The molecule has 1 heterocycles. The highest BCUT2D eigenvalue weighted by Crippen LogP contribution is 2.18. The molecule has 0 radical (unpaired) electrons. The molecule has 1 atom stereocenters. The molecule has 0 spiro atoms. The summed E-state index contributed by atoms with van der Waals surface area (Å²) >= 11 is 0.